The van der Waals surface area contributed by atoms with Gasteiger partial charge < -0.3 is 11.1 Å². The second-order valence-electron chi connectivity index (χ2n) is 3.72. The first-order valence-electron chi connectivity index (χ1n) is 5.13. The number of para-hydroxylation sites is 1. The lowest BCUT2D eigenvalue weighted by molar-refractivity contribution is 0.233. The van der Waals surface area contributed by atoms with Crippen LogP contribution in [-0.4, -0.2) is 31.1 Å². The molecule has 3 heteroatoms. The molecule has 76 valence electrons. The van der Waals surface area contributed by atoms with Gasteiger partial charge in [-0.15, -0.1) is 0 Å². The van der Waals surface area contributed by atoms with E-state index < -0.39 is 0 Å². The average Bonchev–Trinajstić information content (AvgIpc) is 2.23. The third-order valence-corrected chi connectivity index (χ3v) is 2.66. The van der Waals surface area contributed by atoms with Crippen LogP contribution in [-0.2, 0) is 6.54 Å². The van der Waals surface area contributed by atoms with Crippen molar-refractivity contribution in [2.75, 3.05) is 31.9 Å². The molecule has 3 N–H and O–H groups in total. The van der Waals surface area contributed by atoms with Gasteiger partial charge in [-0.3, -0.25) is 4.90 Å². The summed E-state index contributed by atoms with van der Waals surface area (Å²) >= 11 is 0. The fraction of sp³-hybridized carbons (Fsp3) is 0.455. The molecule has 0 radical (unpaired) electrons. The summed E-state index contributed by atoms with van der Waals surface area (Å²) in [7, 11) is 0. The van der Waals surface area contributed by atoms with Crippen LogP contribution in [0.15, 0.2) is 24.3 Å². The summed E-state index contributed by atoms with van der Waals surface area (Å²) < 4.78 is 0. The molecule has 0 bridgehead atoms. The zero-order valence-electron chi connectivity index (χ0n) is 8.37. The van der Waals surface area contributed by atoms with Gasteiger partial charge in [0.25, 0.3) is 0 Å². The van der Waals surface area contributed by atoms with Gasteiger partial charge in [-0.05, 0) is 11.6 Å². The van der Waals surface area contributed by atoms with Gasteiger partial charge in [-0.2, -0.15) is 0 Å². The number of benzene rings is 1. The van der Waals surface area contributed by atoms with E-state index in [0.29, 0.717) is 0 Å². The second-order valence-corrected chi connectivity index (χ2v) is 3.72. The van der Waals surface area contributed by atoms with Gasteiger partial charge in [0.15, 0.2) is 0 Å². The van der Waals surface area contributed by atoms with Crippen LogP contribution in [0.5, 0.6) is 0 Å². The summed E-state index contributed by atoms with van der Waals surface area (Å²) in [6, 6.07) is 8.11. The van der Waals surface area contributed by atoms with E-state index in [1.54, 1.807) is 0 Å². The molecule has 0 unspecified atom stereocenters. The molecule has 1 saturated heterocycles. The lowest BCUT2D eigenvalue weighted by Crippen LogP contribution is -2.42. The Labute approximate surface area is 84.9 Å². The number of anilines is 1. The highest BCUT2D eigenvalue weighted by molar-refractivity contribution is 5.46. The van der Waals surface area contributed by atoms with Crippen LogP contribution >= 0.6 is 0 Å². The molecule has 14 heavy (non-hydrogen) atoms. The maximum Gasteiger partial charge on any atom is 0.0359 e. The molecular weight excluding hydrogens is 174 g/mol. The monoisotopic (exact) mass is 191 g/mol. The fourth-order valence-corrected chi connectivity index (χ4v) is 1.79. The van der Waals surface area contributed by atoms with Crippen LogP contribution in [0.1, 0.15) is 5.56 Å². The van der Waals surface area contributed by atoms with E-state index in [4.69, 9.17) is 5.73 Å². The fourth-order valence-electron chi connectivity index (χ4n) is 1.79. The highest BCUT2D eigenvalue weighted by Gasteiger charge is 2.10. The molecule has 0 aliphatic carbocycles. The topological polar surface area (TPSA) is 41.3 Å². The lowest BCUT2D eigenvalue weighted by Gasteiger charge is -2.27. The SMILES string of the molecule is Nc1ccccc1CN1CCNCC1. The number of nitrogens with two attached hydrogens (primary N) is 1. The molecule has 2 rings (SSSR count). The van der Waals surface area contributed by atoms with E-state index in [2.05, 4.69) is 16.3 Å². The Kier molecular flexibility index (Phi) is 3.01. The summed E-state index contributed by atoms with van der Waals surface area (Å²) in [6.45, 7) is 5.40. The molecule has 1 fully saturated rings. The van der Waals surface area contributed by atoms with Crippen molar-refractivity contribution in [2.24, 2.45) is 0 Å². The first-order chi connectivity index (χ1) is 6.86. The van der Waals surface area contributed by atoms with Crippen molar-refractivity contribution in [3.05, 3.63) is 29.8 Å². The van der Waals surface area contributed by atoms with Gasteiger partial charge >= 0.3 is 0 Å². The minimum absolute atomic E-state index is 0.908. The predicted octanol–water partition coefficient (Wildman–Crippen LogP) is 0.674. The van der Waals surface area contributed by atoms with Gasteiger partial charge in [0.1, 0.15) is 0 Å². The summed E-state index contributed by atoms with van der Waals surface area (Å²) in [5.74, 6) is 0. The Bertz CT molecular complexity index is 292. The highest BCUT2D eigenvalue weighted by atomic mass is 15.2. The van der Waals surface area contributed by atoms with Crippen molar-refractivity contribution in [1.82, 2.24) is 10.2 Å². The van der Waals surface area contributed by atoms with Crippen LogP contribution in [0.3, 0.4) is 0 Å². The lowest BCUT2D eigenvalue weighted by atomic mass is 10.1. The van der Waals surface area contributed by atoms with E-state index in [1.165, 1.54) is 5.56 Å². The average molecular weight is 191 g/mol. The van der Waals surface area contributed by atoms with Crippen molar-refractivity contribution in [2.45, 2.75) is 6.54 Å². The molecule has 1 aliphatic heterocycles. The quantitative estimate of drug-likeness (QED) is 0.675. The minimum atomic E-state index is 0.908. The molecule has 0 aromatic heterocycles. The van der Waals surface area contributed by atoms with Crippen LogP contribution < -0.4 is 11.1 Å². The minimum Gasteiger partial charge on any atom is -0.398 e. The third-order valence-electron chi connectivity index (χ3n) is 2.66. The summed E-state index contributed by atoms with van der Waals surface area (Å²) in [4.78, 5) is 2.43. The van der Waals surface area contributed by atoms with Gasteiger partial charge in [0, 0.05) is 38.4 Å². The van der Waals surface area contributed by atoms with Crippen molar-refractivity contribution in [3.63, 3.8) is 0 Å². The Morgan fingerprint density at radius 3 is 2.64 bits per heavy atom. The first kappa shape index (κ1) is 9.49. The van der Waals surface area contributed by atoms with Crippen molar-refractivity contribution in [1.29, 1.82) is 0 Å². The molecule has 3 nitrogen and oxygen atoms in total. The van der Waals surface area contributed by atoms with Gasteiger partial charge in [0.05, 0.1) is 0 Å². The molecule has 0 amide bonds. The summed E-state index contributed by atoms with van der Waals surface area (Å²) in [5, 5.41) is 3.34. The summed E-state index contributed by atoms with van der Waals surface area (Å²) in [5.41, 5.74) is 8.05. The standard InChI is InChI=1S/C11H17N3/c12-11-4-2-1-3-10(11)9-14-7-5-13-6-8-14/h1-4,13H,5-9,12H2. The summed E-state index contributed by atoms with van der Waals surface area (Å²) in [6.07, 6.45) is 0. The van der Waals surface area contributed by atoms with Crippen LogP contribution in [0.4, 0.5) is 5.69 Å². The highest BCUT2D eigenvalue weighted by Crippen LogP contribution is 2.13. The first-order valence-corrected chi connectivity index (χ1v) is 5.13. The maximum absolute atomic E-state index is 5.90. The number of hydrogen-bond donors (Lipinski definition) is 2. The van der Waals surface area contributed by atoms with Crippen LogP contribution in [0.25, 0.3) is 0 Å². The maximum atomic E-state index is 5.90. The molecule has 1 heterocycles. The number of hydrogen-bond acceptors (Lipinski definition) is 3. The molecular formula is C11H17N3. The number of piperazine rings is 1. The van der Waals surface area contributed by atoms with E-state index in [1.807, 2.05) is 18.2 Å². The molecule has 0 spiro atoms. The van der Waals surface area contributed by atoms with Gasteiger partial charge in [-0.25, -0.2) is 0 Å². The molecule has 0 saturated carbocycles. The molecule has 1 aromatic carbocycles. The van der Waals surface area contributed by atoms with Crippen LogP contribution in [0.2, 0.25) is 0 Å². The smallest absolute Gasteiger partial charge is 0.0359 e. The Morgan fingerprint density at radius 2 is 1.93 bits per heavy atom. The molecule has 1 aromatic rings. The normalized spacial score (nSPS) is 18.3. The predicted molar refractivity (Wildman–Crippen MR) is 59.0 cm³/mol. The van der Waals surface area contributed by atoms with E-state index >= 15 is 0 Å². The van der Waals surface area contributed by atoms with Gasteiger partial charge in [0.2, 0.25) is 0 Å². The third kappa shape index (κ3) is 2.25. The van der Waals surface area contributed by atoms with Crippen LogP contribution in [0, 0.1) is 0 Å². The van der Waals surface area contributed by atoms with E-state index in [-0.39, 0.29) is 0 Å². The molecule has 0 atom stereocenters. The van der Waals surface area contributed by atoms with E-state index in [0.717, 1.165) is 38.4 Å². The Balaban J connectivity index is 1.99. The zero-order chi connectivity index (χ0) is 9.80. The van der Waals surface area contributed by atoms with E-state index in [9.17, 15) is 0 Å². The number of rotatable bonds is 2. The molecule has 1 aliphatic rings. The second kappa shape index (κ2) is 4.44. The largest absolute Gasteiger partial charge is 0.398 e. The Morgan fingerprint density at radius 1 is 1.21 bits per heavy atom. The van der Waals surface area contributed by atoms with Crippen molar-refractivity contribution >= 4 is 5.69 Å². The number of nitrogen functional groups attached to an aromatic ring is 1. The Hall–Kier alpha value is -1.06. The number of nitrogens with zero attached hydrogens (tertiary/aromatic N) is 1. The number of nitrogens with one attached hydrogen (secondary N) is 1. The van der Waals surface area contributed by atoms with Gasteiger partial charge in [-0.1, -0.05) is 18.2 Å². The van der Waals surface area contributed by atoms with Crippen molar-refractivity contribution in [3.8, 4) is 0 Å². The zero-order valence-corrected chi connectivity index (χ0v) is 8.37. The van der Waals surface area contributed by atoms with Crippen molar-refractivity contribution < 1.29 is 0 Å².